The molecule has 4 nitrogen and oxygen atoms in total. The van der Waals surface area contributed by atoms with Crippen LogP contribution < -0.4 is 0 Å². The van der Waals surface area contributed by atoms with Crippen molar-refractivity contribution in [1.29, 1.82) is 10.5 Å². The maximum Gasteiger partial charge on any atom is 0.416 e. The number of H-pyrrole nitrogens is 1. The Kier molecular flexibility index (Phi) is 6.23. The summed E-state index contributed by atoms with van der Waals surface area (Å²) in [5.41, 5.74) is 2.78. The lowest BCUT2D eigenvalue weighted by molar-refractivity contribution is -0.137. The zero-order valence-corrected chi connectivity index (χ0v) is 18.1. The second-order valence-electron chi connectivity index (χ2n) is 7.25. The summed E-state index contributed by atoms with van der Waals surface area (Å²) < 4.78 is 39.1. The summed E-state index contributed by atoms with van der Waals surface area (Å²) in [6.07, 6.45) is 2.98. The van der Waals surface area contributed by atoms with Crippen molar-refractivity contribution in [2.75, 3.05) is 0 Å². The van der Waals surface area contributed by atoms with E-state index in [0.717, 1.165) is 17.6 Å². The Morgan fingerprint density at radius 1 is 1.03 bits per heavy atom. The average Bonchev–Trinajstić information content (AvgIpc) is 3.24. The van der Waals surface area contributed by atoms with Gasteiger partial charge in [-0.3, -0.25) is 4.98 Å². The number of nitrogens with zero attached hydrogens (tertiary/aromatic N) is 3. The molecular formula is C26H14ClF3N4. The molecule has 0 radical (unpaired) electrons. The van der Waals surface area contributed by atoms with Crippen LogP contribution in [0.2, 0.25) is 5.02 Å². The van der Waals surface area contributed by atoms with Crippen LogP contribution in [0, 0.1) is 22.7 Å². The summed E-state index contributed by atoms with van der Waals surface area (Å²) in [7, 11) is 0. The summed E-state index contributed by atoms with van der Waals surface area (Å²) in [6.45, 7) is 0. The summed E-state index contributed by atoms with van der Waals surface area (Å²) in [6, 6.07) is 15.8. The largest absolute Gasteiger partial charge is 0.416 e. The lowest BCUT2D eigenvalue weighted by Gasteiger charge is -2.13. The van der Waals surface area contributed by atoms with Crippen LogP contribution in [-0.4, -0.2) is 9.97 Å². The first-order valence-corrected chi connectivity index (χ1v) is 10.3. The molecule has 0 aliphatic heterocycles. The summed E-state index contributed by atoms with van der Waals surface area (Å²) in [4.78, 5) is 7.27. The second-order valence-corrected chi connectivity index (χ2v) is 7.69. The fourth-order valence-electron chi connectivity index (χ4n) is 3.69. The molecule has 0 unspecified atom stereocenters. The number of aromatic amines is 1. The molecule has 0 aliphatic carbocycles. The number of alkyl halides is 3. The van der Waals surface area contributed by atoms with Crippen molar-refractivity contribution in [3.63, 3.8) is 0 Å². The first-order valence-electron chi connectivity index (χ1n) is 9.93. The number of benzene rings is 2. The molecule has 1 N–H and O–H groups in total. The van der Waals surface area contributed by atoms with Crippen molar-refractivity contribution in [3.05, 3.63) is 101 Å². The quantitative estimate of drug-likeness (QED) is 0.247. The number of allylic oxidation sites excluding steroid dienone is 4. The Hall–Kier alpha value is -4.33. The van der Waals surface area contributed by atoms with E-state index in [1.54, 1.807) is 30.5 Å². The number of fused-ring (bicyclic) bond motifs is 1. The van der Waals surface area contributed by atoms with E-state index in [1.165, 1.54) is 36.7 Å². The van der Waals surface area contributed by atoms with Crippen molar-refractivity contribution < 1.29 is 13.2 Å². The minimum atomic E-state index is -4.45. The first kappa shape index (κ1) is 22.8. The van der Waals surface area contributed by atoms with E-state index in [4.69, 9.17) is 16.9 Å². The van der Waals surface area contributed by atoms with Gasteiger partial charge in [0.1, 0.15) is 6.07 Å². The van der Waals surface area contributed by atoms with E-state index < -0.39 is 11.7 Å². The van der Waals surface area contributed by atoms with Gasteiger partial charge in [0.15, 0.2) is 0 Å². The van der Waals surface area contributed by atoms with Crippen LogP contribution in [0.5, 0.6) is 0 Å². The maximum absolute atomic E-state index is 13.0. The third-order valence-corrected chi connectivity index (χ3v) is 5.49. The minimum Gasteiger partial charge on any atom is -0.361 e. The third kappa shape index (κ3) is 4.43. The van der Waals surface area contributed by atoms with Crippen molar-refractivity contribution in [2.45, 2.75) is 6.18 Å². The van der Waals surface area contributed by atoms with Gasteiger partial charge < -0.3 is 4.98 Å². The molecule has 34 heavy (non-hydrogen) atoms. The van der Waals surface area contributed by atoms with Gasteiger partial charge >= 0.3 is 6.18 Å². The van der Waals surface area contributed by atoms with Crippen LogP contribution in [0.25, 0.3) is 33.2 Å². The van der Waals surface area contributed by atoms with E-state index in [9.17, 15) is 18.4 Å². The van der Waals surface area contributed by atoms with Gasteiger partial charge in [-0.05, 0) is 53.6 Å². The normalized spacial score (nSPS) is 12.4. The minimum absolute atomic E-state index is 0.251. The predicted octanol–water partition coefficient (Wildman–Crippen LogP) is 7.42. The zero-order chi connectivity index (χ0) is 24.3. The monoisotopic (exact) mass is 474 g/mol. The van der Waals surface area contributed by atoms with Crippen LogP contribution in [-0.2, 0) is 6.18 Å². The molecule has 4 rings (SSSR count). The van der Waals surface area contributed by atoms with Gasteiger partial charge in [-0.1, -0.05) is 23.7 Å². The Bertz CT molecular complexity index is 1510. The third-order valence-electron chi connectivity index (χ3n) is 5.25. The number of halogens is 4. The number of nitriles is 2. The first-order chi connectivity index (χ1) is 16.3. The van der Waals surface area contributed by atoms with Gasteiger partial charge in [0.2, 0.25) is 0 Å². The Morgan fingerprint density at radius 2 is 1.79 bits per heavy atom. The van der Waals surface area contributed by atoms with Gasteiger partial charge in [0.25, 0.3) is 0 Å². The van der Waals surface area contributed by atoms with Crippen molar-refractivity contribution in [3.8, 4) is 23.3 Å². The molecule has 0 fully saturated rings. The molecule has 2 heterocycles. The lowest BCUT2D eigenvalue weighted by Crippen LogP contribution is -2.04. The van der Waals surface area contributed by atoms with E-state index in [2.05, 4.69) is 16.0 Å². The highest BCUT2D eigenvalue weighted by atomic mass is 35.5. The van der Waals surface area contributed by atoms with Gasteiger partial charge in [-0.25, -0.2) is 0 Å². The lowest BCUT2D eigenvalue weighted by atomic mass is 9.90. The molecule has 0 bridgehead atoms. The van der Waals surface area contributed by atoms with Gasteiger partial charge in [0.05, 0.1) is 17.2 Å². The Morgan fingerprint density at radius 3 is 2.47 bits per heavy atom. The highest BCUT2D eigenvalue weighted by Crippen LogP contribution is 2.37. The summed E-state index contributed by atoms with van der Waals surface area (Å²) in [5, 5.41) is 20.5. The van der Waals surface area contributed by atoms with E-state index in [-0.39, 0.29) is 5.57 Å². The SMILES string of the molecule is N#C/C=C\C(=C(C#N)c1c[nH]c2ccc(Cl)cc12)c1cnccc1-c1ccc(C(F)(F)F)cc1. The summed E-state index contributed by atoms with van der Waals surface area (Å²) >= 11 is 6.17. The van der Waals surface area contributed by atoms with Crippen molar-refractivity contribution >= 4 is 33.7 Å². The van der Waals surface area contributed by atoms with Crippen LogP contribution in [0.15, 0.2) is 79.3 Å². The Labute approximate surface area is 197 Å². The van der Waals surface area contributed by atoms with Crippen LogP contribution in [0.1, 0.15) is 16.7 Å². The standard InChI is InChI=1S/C26H14ClF3N4/c27-18-7-8-25-21(12-18)24(15-34-25)22(13-32)20(2-1-10-31)23-14-33-11-9-19(23)16-3-5-17(6-4-16)26(28,29)30/h1-9,11-12,14-15,34H/b2-1-,22-20?. The molecule has 2 aromatic carbocycles. The van der Waals surface area contributed by atoms with Crippen LogP contribution in [0.3, 0.4) is 0 Å². The number of rotatable bonds is 4. The summed E-state index contributed by atoms with van der Waals surface area (Å²) in [5.74, 6) is 0. The van der Waals surface area contributed by atoms with Crippen molar-refractivity contribution in [1.82, 2.24) is 9.97 Å². The maximum atomic E-state index is 13.0. The van der Waals surface area contributed by atoms with E-state index in [0.29, 0.717) is 38.2 Å². The number of nitrogens with one attached hydrogen (secondary N) is 1. The molecule has 8 heteroatoms. The number of aromatic nitrogens is 2. The fraction of sp³-hybridized carbons (Fsp3) is 0.0385. The topological polar surface area (TPSA) is 76.3 Å². The molecule has 0 atom stereocenters. The molecular weight excluding hydrogens is 461 g/mol. The predicted molar refractivity (Wildman–Crippen MR) is 125 cm³/mol. The van der Waals surface area contributed by atoms with E-state index >= 15 is 0 Å². The highest BCUT2D eigenvalue weighted by Gasteiger charge is 2.30. The van der Waals surface area contributed by atoms with Gasteiger partial charge in [0, 0.05) is 57.3 Å². The van der Waals surface area contributed by atoms with Crippen molar-refractivity contribution in [2.24, 2.45) is 0 Å². The fourth-order valence-corrected chi connectivity index (χ4v) is 3.87. The molecule has 0 saturated carbocycles. The Balaban J connectivity index is 1.97. The smallest absolute Gasteiger partial charge is 0.361 e. The number of pyridine rings is 1. The van der Waals surface area contributed by atoms with E-state index in [1.807, 2.05) is 6.07 Å². The highest BCUT2D eigenvalue weighted by molar-refractivity contribution is 6.31. The number of hydrogen-bond donors (Lipinski definition) is 1. The molecule has 0 saturated heterocycles. The van der Waals surface area contributed by atoms with Crippen LogP contribution >= 0.6 is 11.6 Å². The van der Waals surface area contributed by atoms with Gasteiger partial charge in [-0.2, -0.15) is 23.7 Å². The molecule has 4 aromatic rings. The molecule has 0 spiro atoms. The second kappa shape index (κ2) is 9.27. The molecule has 0 amide bonds. The average molecular weight is 475 g/mol. The van der Waals surface area contributed by atoms with Crippen LogP contribution in [0.4, 0.5) is 13.2 Å². The zero-order valence-electron chi connectivity index (χ0n) is 17.4. The number of hydrogen-bond acceptors (Lipinski definition) is 3. The van der Waals surface area contributed by atoms with Gasteiger partial charge in [-0.15, -0.1) is 0 Å². The molecule has 0 aliphatic rings. The molecule has 2 aromatic heterocycles. The molecule has 166 valence electrons.